The molecule has 0 saturated carbocycles. The maximum Gasteiger partial charge on any atom is 0.303 e. The second-order valence-electron chi connectivity index (χ2n) is 19.4. The molecule has 0 unspecified atom stereocenters. The zero-order chi connectivity index (χ0) is 52.5. The smallest absolute Gasteiger partial charge is 0.303 e. The summed E-state index contributed by atoms with van der Waals surface area (Å²) >= 11 is 0. The molecule has 0 aromatic heterocycles. The van der Waals surface area contributed by atoms with Crippen molar-refractivity contribution in [1.29, 1.82) is 0 Å². The first-order valence-electron chi connectivity index (χ1n) is 25.3. The van der Waals surface area contributed by atoms with Gasteiger partial charge in [0, 0.05) is 85.5 Å². The summed E-state index contributed by atoms with van der Waals surface area (Å²) in [5.74, 6) is 1.41. The molecule has 18 heteroatoms. The average molecular weight is 1060 g/mol. The standard InChI is InChI=1S/C57H65N5O11S2/c1-57(2,75-74-22-10-15-54(63)64)36-60(16-17-70-20-21-71-19-18-67-3)41-24-37(34-72-52-30-46-44(28-50(52)68-4)55(65)61-42(32-58-46)26-39-11-6-8-13-48(39)61)23-38(25-41)35-73-53-31-47-45(29-51(53)69-5)56(66)62-43(33-59-47)27-40-12-7-9-14-49(40)62/h6-9,11-14,23-25,28-32,42-43,59H,10,15-22,26-27,33-36H2,1-5H3,(H,63,64)/t42-,43-/m0/s1. The number of methoxy groups -OCH3 is 3. The van der Waals surface area contributed by atoms with E-state index in [0.29, 0.717) is 117 Å². The first-order chi connectivity index (χ1) is 36.4. The van der Waals surface area contributed by atoms with Gasteiger partial charge in [0.2, 0.25) is 0 Å². The molecule has 16 nitrogen and oxygen atoms in total. The van der Waals surface area contributed by atoms with Crippen molar-refractivity contribution in [3.05, 3.63) is 124 Å². The van der Waals surface area contributed by atoms with E-state index in [1.165, 1.54) is 0 Å². The molecule has 5 aromatic rings. The molecule has 2 N–H and O–H groups in total. The van der Waals surface area contributed by atoms with E-state index in [1.54, 1.807) is 61.1 Å². The van der Waals surface area contributed by atoms with Gasteiger partial charge < -0.3 is 53.4 Å². The van der Waals surface area contributed by atoms with E-state index in [2.05, 4.69) is 42.3 Å². The third-order valence-electron chi connectivity index (χ3n) is 13.5. The van der Waals surface area contributed by atoms with Crippen LogP contribution in [-0.2, 0) is 45.1 Å². The van der Waals surface area contributed by atoms with Crippen LogP contribution in [0.4, 0.5) is 28.4 Å². The average Bonchev–Trinajstić information content (AvgIpc) is 3.91. The number of nitrogens with zero attached hydrogens (tertiary/aromatic N) is 4. The molecule has 0 saturated heterocycles. The fraction of sp³-hybridized carbons (Fsp3) is 0.404. The lowest BCUT2D eigenvalue weighted by Crippen LogP contribution is -2.39. The molecule has 2 amide bonds. The van der Waals surface area contributed by atoms with Gasteiger partial charge in [-0.3, -0.25) is 24.3 Å². The van der Waals surface area contributed by atoms with E-state index in [0.717, 1.165) is 45.7 Å². The van der Waals surface area contributed by atoms with Gasteiger partial charge in [-0.05, 0) is 91.4 Å². The molecule has 4 aliphatic rings. The number of aliphatic carboxylic acids is 1. The Kier molecular flexibility index (Phi) is 17.4. The minimum absolute atomic E-state index is 0.0283. The van der Waals surface area contributed by atoms with Gasteiger partial charge in [0.1, 0.15) is 13.2 Å². The number of amides is 2. The fourth-order valence-corrected chi connectivity index (χ4v) is 12.5. The highest BCUT2D eigenvalue weighted by molar-refractivity contribution is 8.77. The van der Waals surface area contributed by atoms with Crippen LogP contribution in [0.2, 0.25) is 0 Å². The van der Waals surface area contributed by atoms with Crippen LogP contribution in [0.5, 0.6) is 23.0 Å². The van der Waals surface area contributed by atoms with E-state index in [-0.39, 0.29) is 48.3 Å². The predicted molar refractivity (Wildman–Crippen MR) is 296 cm³/mol. The molecule has 5 aromatic carbocycles. The molecule has 0 radical (unpaired) electrons. The van der Waals surface area contributed by atoms with Crippen molar-refractivity contribution in [2.45, 2.75) is 69.6 Å². The zero-order valence-corrected chi connectivity index (χ0v) is 44.8. The van der Waals surface area contributed by atoms with Gasteiger partial charge in [-0.15, -0.1) is 0 Å². The number of carbonyl (C=O) groups excluding carboxylic acids is 2. The normalized spacial score (nSPS) is 16.2. The molecule has 9 rings (SSSR count). The first-order valence-corrected chi connectivity index (χ1v) is 27.6. The van der Waals surface area contributed by atoms with Crippen LogP contribution in [-0.4, -0.2) is 126 Å². The van der Waals surface area contributed by atoms with Gasteiger partial charge in [0.25, 0.3) is 11.8 Å². The summed E-state index contributed by atoms with van der Waals surface area (Å²) in [6, 6.07) is 29.1. The molecule has 0 fully saturated rings. The van der Waals surface area contributed by atoms with Crippen LogP contribution in [0.15, 0.2) is 96.0 Å². The lowest BCUT2D eigenvalue weighted by molar-refractivity contribution is -0.137. The summed E-state index contributed by atoms with van der Waals surface area (Å²) in [4.78, 5) is 50.5. The summed E-state index contributed by atoms with van der Waals surface area (Å²) in [7, 11) is 8.18. The number of hydrogen-bond acceptors (Lipinski definition) is 15. The van der Waals surface area contributed by atoms with Crippen LogP contribution in [0.1, 0.15) is 69.7 Å². The van der Waals surface area contributed by atoms with Crippen LogP contribution >= 0.6 is 21.6 Å². The van der Waals surface area contributed by atoms with Gasteiger partial charge in [-0.25, -0.2) is 0 Å². The lowest BCUT2D eigenvalue weighted by atomic mass is 10.1. The number of benzene rings is 5. The molecule has 75 heavy (non-hydrogen) atoms. The van der Waals surface area contributed by atoms with Crippen LogP contribution in [0, 0.1) is 0 Å². The summed E-state index contributed by atoms with van der Waals surface area (Å²) in [5.41, 5.74) is 8.77. The topological polar surface area (TPSA) is 170 Å². The van der Waals surface area contributed by atoms with Crippen molar-refractivity contribution in [1.82, 2.24) is 0 Å². The van der Waals surface area contributed by atoms with Crippen molar-refractivity contribution in [3.8, 4) is 23.0 Å². The van der Waals surface area contributed by atoms with Crippen molar-refractivity contribution in [2.24, 2.45) is 4.99 Å². The van der Waals surface area contributed by atoms with Crippen LogP contribution in [0.25, 0.3) is 0 Å². The molecule has 4 heterocycles. The van der Waals surface area contributed by atoms with Crippen molar-refractivity contribution in [2.75, 3.05) is 99.8 Å². The Morgan fingerprint density at radius 3 is 2.08 bits per heavy atom. The monoisotopic (exact) mass is 1060 g/mol. The molecular weight excluding hydrogens is 995 g/mol. The van der Waals surface area contributed by atoms with Crippen LogP contribution < -0.4 is 39.0 Å². The number of aliphatic imine (C=N–C) groups is 1. The summed E-state index contributed by atoms with van der Waals surface area (Å²) in [6.07, 6.45) is 4.00. The number of anilines is 4. The third kappa shape index (κ3) is 12.6. The van der Waals surface area contributed by atoms with E-state index in [4.69, 9.17) is 38.2 Å². The Hall–Kier alpha value is -6.44. The van der Waals surface area contributed by atoms with Gasteiger partial charge in [-0.1, -0.05) is 58.0 Å². The molecule has 4 aliphatic heterocycles. The maximum atomic E-state index is 14.2. The fourth-order valence-electron chi connectivity index (χ4n) is 9.92. The Labute approximate surface area is 446 Å². The van der Waals surface area contributed by atoms with E-state index >= 15 is 0 Å². The van der Waals surface area contributed by atoms with E-state index in [1.807, 2.05) is 70.6 Å². The zero-order valence-electron chi connectivity index (χ0n) is 43.1. The number of fused-ring (bicyclic) bond motifs is 8. The second kappa shape index (κ2) is 24.5. The van der Waals surface area contributed by atoms with Crippen LogP contribution in [0.3, 0.4) is 0 Å². The van der Waals surface area contributed by atoms with E-state index in [9.17, 15) is 19.5 Å². The SMILES string of the molecule is COCCOCCOCCN(CC(C)(C)SSCCCC(=O)O)c1cc(COc2cc3c(cc2OC)C(=O)N2c4ccccc4C[C@H]2C=N3)cc(COc2cc3c(cc2OC)C(=O)N2c4ccccc4C[C@H]2CN3)c1. The van der Waals surface area contributed by atoms with Gasteiger partial charge >= 0.3 is 5.97 Å². The highest BCUT2D eigenvalue weighted by Crippen LogP contribution is 2.44. The third-order valence-corrected chi connectivity index (χ3v) is 16.8. The number of carbonyl (C=O) groups is 3. The number of rotatable bonds is 26. The van der Waals surface area contributed by atoms with Crippen molar-refractivity contribution < 1.29 is 52.6 Å². The predicted octanol–water partition coefficient (Wildman–Crippen LogP) is 9.66. The second-order valence-corrected chi connectivity index (χ2v) is 22.5. The Morgan fingerprint density at radius 1 is 0.760 bits per heavy atom. The first kappa shape index (κ1) is 53.4. The number of nitrogens with one attached hydrogen (secondary N) is 1. The Bertz CT molecular complexity index is 2900. The quantitative estimate of drug-likeness (QED) is 0.0396. The van der Waals surface area contributed by atoms with E-state index < -0.39 is 5.97 Å². The molecule has 0 bridgehead atoms. The minimum atomic E-state index is -0.797. The number of ether oxygens (including phenoxy) is 7. The molecule has 2 atom stereocenters. The highest BCUT2D eigenvalue weighted by atomic mass is 33.1. The van der Waals surface area contributed by atoms with Crippen molar-refractivity contribution >= 4 is 74.0 Å². The van der Waals surface area contributed by atoms with Gasteiger partial charge in [-0.2, -0.15) is 0 Å². The molecule has 0 spiro atoms. The lowest BCUT2D eigenvalue weighted by Gasteiger charge is -2.34. The number of carboxylic acid groups (broad SMARTS) is 1. The molecule has 0 aliphatic carbocycles. The minimum Gasteiger partial charge on any atom is -0.493 e. The highest BCUT2D eigenvalue weighted by Gasteiger charge is 2.39. The Balaban J connectivity index is 1.00. The van der Waals surface area contributed by atoms with Gasteiger partial charge in [0.15, 0.2) is 23.0 Å². The number of hydrogen-bond donors (Lipinski definition) is 2. The molecular formula is C57H65N5O11S2. The van der Waals surface area contributed by atoms with Crippen molar-refractivity contribution in [3.63, 3.8) is 0 Å². The molecule has 396 valence electrons. The summed E-state index contributed by atoms with van der Waals surface area (Å²) < 4.78 is 41.7. The number of para-hydroxylation sites is 2. The van der Waals surface area contributed by atoms with Gasteiger partial charge in [0.05, 0.1) is 81.8 Å². The Morgan fingerprint density at radius 2 is 1.39 bits per heavy atom. The maximum absolute atomic E-state index is 14.2. The number of carboxylic acids is 1. The summed E-state index contributed by atoms with van der Waals surface area (Å²) in [5, 5.41) is 12.8. The summed E-state index contributed by atoms with van der Waals surface area (Å²) in [6.45, 7) is 8.65. The largest absolute Gasteiger partial charge is 0.493 e.